The second kappa shape index (κ2) is 11.6. The lowest BCUT2D eigenvalue weighted by molar-refractivity contribution is 1.54. The average Bonchev–Trinajstić information content (AvgIpc) is 3.49. The van der Waals surface area contributed by atoms with E-state index in [0.29, 0.717) is 5.03 Å². The van der Waals surface area contributed by atoms with Crippen LogP contribution in [-0.2, 0) is 0 Å². The zero-order valence-corrected chi connectivity index (χ0v) is 24.4. The predicted molar refractivity (Wildman–Crippen MR) is 182 cm³/mol. The summed E-state index contributed by atoms with van der Waals surface area (Å²) in [6.07, 6.45) is 0. The Labute approximate surface area is 247 Å². The van der Waals surface area contributed by atoms with Crippen molar-refractivity contribution in [2.75, 3.05) is 0 Å². The fourth-order valence-electron chi connectivity index (χ4n) is 5.91. The number of nitrogens with two attached hydrogens (primary N) is 2. The molecule has 2 aliphatic rings. The number of rotatable bonds is 0. The third-order valence-corrected chi connectivity index (χ3v) is 7.53. The van der Waals surface area contributed by atoms with Crippen molar-refractivity contribution in [2.45, 2.75) is 13.8 Å². The lowest BCUT2D eigenvalue weighted by atomic mass is 9.99. The minimum Gasteiger partial charge on any atom is -0.394 e. The predicted octanol–water partition coefficient (Wildman–Crippen LogP) is 9.73. The van der Waals surface area contributed by atoms with Crippen molar-refractivity contribution in [1.29, 1.82) is 0 Å². The second-order valence-electron chi connectivity index (χ2n) is 9.90. The van der Waals surface area contributed by atoms with Crippen molar-refractivity contribution in [3.8, 4) is 44.5 Å². The van der Waals surface area contributed by atoms with Crippen LogP contribution in [0.5, 0.6) is 0 Å². The maximum absolute atomic E-state index is 4.78. The molecule has 0 atom stereocenters. The van der Waals surface area contributed by atoms with E-state index in [4.69, 9.17) is 5.73 Å². The minimum atomic E-state index is 0.361. The van der Waals surface area contributed by atoms with Gasteiger partial charge in [-0.05, 0) is 91.0 Å². The molecule has 0 radical (unpaired) electrons. The Balaban J connectivity index is 0.000000136. The highest BCUT2D eigenvalue weighted by atomic mass is 32.1. The van der Waals surface area contributed by atoms with Gasteiger partial charge in [-0.15, -0.1) is 25.4 Å². The summed E-state index contributed by atoms with van der Waals surface area (Å²) in [5, 5.41) is 10.2. The van der Waals surface area contributed by atoms with E-state index >= 15 is 0 Å². The highest BCUT2D eigenvalue weighted by molar-refractivity contribution is 7.84. The van der Waals surface area contributed by atoms with Gasteiger partial charge < -0.3 is 5.73 Å². The maximum Gasteiger partial charge on any atom is 0.0550 e. The van der Waals surface area contributed by atoms with Crippen molar-refractivity contribution in [3.63, 3.8) is 0 Å². The molecule has 0 spiro atoms. The average molecular weight is 557 g/mol. The highest BCUT2D eigenvalue weighted by Crippen LogP contribution is 2.48. The minimum absolute atomic E-state index is 0.361. The van der Waals surface area contributed by atoms with Gasteiger partial charge in [0.1, 0.15) is 0 Å². The van der Waals surface area contributed by atoms with Gasteiger partial charge in [-0.1, -0.05) is 116 Å². The smallest absolute Gasteiger partial charge is 0.0550 e. The van der Waals surface area contributed by atoms with E-state index in [1.54, 1.807) is 0 Å². The molecule has 40 heavy (non-hydrogen) atoms. The Kier molecular flexibility index (Phi) is 8.04. The van der Waals surface area contributed by atoms with E-state index in [9.17, 15) is 0 Å². The topological polar surface area (TPSA) is 52.0 Å². The molecule has 0 aromatic heterocycles. The summed E-state index contributed by atoms with van der Waals surface area (Å²) in [6, 6.07) is 39.6. The molecule has 0 heterocycles. The van der Waals surface area contributed by atoms with E-state index in [1.165, 1.54) is 77.2 Å². The van der Waals surface area contributed by atoms with Gasteiger partial charge in [0.15, 0.2) is 0 Å². The molecule has 0 fully saturated rings. The lowest BCUT2D eigenvalue weighted by Gasteiger charge is -2.04. The van der Waals surface area contributed by atoms with E-state index in [-0.39, 0.29) is 0 Å². The van der Waals surface area contributed by atoms with Gasteiger partial charge in [0.05, 0.1) is 5.03 Å². The van der Waals surface area contributed by atoms with Crippen LogP contribution in [0.3, 0.4) is 0 Å². The summed E-state index contributed by atoms with van der Waals surface area (Å²) in [5.74, 6) is 0. The van der Waals surface area contributed by atoms with Crippen LogP contribution < -0.4 is 10.9 Å². The van der Waals surface area contributed by atoms with E-state index < -0.39 is 0 Å². The molecule has 2 aliphatic carbocycles. The molecule has 0 amide bonds. The first-order valence-electron chi connectivity index (χ1n) is 13.1. The molecule has 2 nitrogen and oxygen atoms in total. The second-order valence-corrected chi connectivity index (χ2v) is 10.5. The zero-order chi connectivity index (χ0) is 28.4. The van der Waals surface area contributed by atoms with Crippen molar-refractivity contribution in [3.05, 3.63) is 132 Å². The molecule has 198 valence electrons. The van der Waals surface area contributed by atoms with Crippen LogP contribution in [0.4, 0.5) is 0 Å². The third kappa shape index (κ3) is 4.79. The molecule has 0 saturated carbocycles. The number of benzene rings is 6. The Morgan fingerprint density at radius 2 is 0.750 bits per heavy atom. The first kappa shape index (κ1) is 27.6. The first-order chi connectivity index (χ1) is 19.5. The lowest BCUT2D eigenvalue weighted by Crippen LogP contribution is -1.80. The van der Waals surface area contributed by atoms with Crippen molar-refractivity contribution < 1.29 is 0 Å². The summed E-state index contributed by atoms with van der Waals surface area (Å²) < 4.78 is 0. The van der Waals surface area contributed by atoms with Gasteiger partial charge in [-0.2, -0.15) is 0 Å². The molecule has 0 bridgehead atoms. The normalized spacial score (nSPS) is 10.8. The van der Waals surface area contributed by atoms with Gasteiger partial charge in [-0.3, -0.25) is 5.14 Å². The third-order valence-electron chi connectivity index (χ3n) is 7.53. The maximum atomic E-state index is 4.78. The van der Waals surface area contributed by atoms with Gasteiger partial charge in [0.25, 0.3) is 0 Å². The van der Waals surface area contributed by atoms with Crippen LogP contribution in [0, 0.1) is 13.8 Å². The van der Waals surface area contributed by atoms with Gasteiger partial charge in [0.2, 0.25) is 0 Å². The van der Waals surface area contributed by atoms with Crippen LogP contribution in [0.2, 0.25) is 0 Å². The number of thiol groups is 2. The van der Waals surface area contributed by atoms with Crippen LogP contribution in [0.1, 0.15) is 11.1 Å². The molecular formula is C36H32N2S2. The quantitative estimate of drug-likeness (QED) is 0.141. The summed E-state index contributed by atoms with van der Waals surface area (Å²) >= 11 is 6.58. The van der Waals surface area contributed by atoms with Crippen LogP contribution in [0.15, 0.2) is 121 Å². The Morgan fingerprint density at radius 3 is 1.07 bits per heavy atom. The summed E-state index contributed by atoms with van der Waals surface area (Å²) in [5.41, 5.74) is 18.5. The van der Waals surface area contributed by atoms with Crippen molar-refractivity contribution >= 4 is 47.0 Å². The van der Waals surface area contributed by atoms with Crippen LogP contribution in [0.25, 0.3) is 66.1 Å². The number of hydrogen-bond acceptors (Lipinski definition) is 4. The fourth-order valence-corrected chi connectivity index (χ4v) is 5.91. The van der Waals surface area contributed by atoms with E-state index in [0.717, 1.165) is 0 Å². The molecule has 6 aromatic rings. The summed E-state index contributed by atoms with van der Waals surface area (Å²) in [6.45, 7) is 7.57. The van der Waals surface area contributed by atoms with Crippen LogP contribution in [-0.4, -0.2) is 0 Å². The van der Waals surface area contributed by atoms with E-state index in [1.807, 2.05) is 0 Å². The van der Waals surface area contributed by atoms with Crippen LogP contribution >= 0.6 is 25.4 Å². The SMILES string of the molecule is C=C(N)S.Cc1ccc2c3c(cccc13)-c1ccccc1-2.Cc1ccc2c3c(cccc13)-c1ccccc1-2.NS. The molecule has 0 aliphatic heterocycles. The van der Waals surface area contributed by atoms with Gasteiger partial charge in [-0.25, -0.2) is 0 Å². The monoisotopic (exact) mass is 556 g/mol. The Bertz CT molecular complexity index is 1690. The molecule has 0 saturated heterocycles. The Hall–Kier alpha value is -3.96. The molecule has 4 N–H and O–H groups in total. The van der Waals surface area contributed by atoms with E-state index in [2.05, 4.69) is 160 Å². The zero-order valence-electron chi connectivity index (χ0n) is 22.6. The van der Waals surface area contributed by atoms with Crippen molar-refractivity contribution in [2.24, 2.45) is 10.9 Å². The van der Waals surface area contributed by atoms with Crippen molar-refractivity contribution in [1.82, 2.24) is 0 Å². The molecule has 0 unspecified atom stereocenters. The molecule has 8 rings (SSSR count). The highest BCUT2D eigenvalue weighted by Gasteiger charge is 2.21. The van der Waals surface area contributed by atoms with Gasteiger partial charge in [0, 0.05) is 0 Å². The summed E-state index contributed by atoms with van der Waals surface area (Å²) in [4.78, 5) is 0. The standard InChI is InChI=1S/2C17H12.C2H5NS.H3NS/c2*1-11-9-10-16-14-6-3-2-5-13(14)15-8-4-7-12(11)17(15)16;1-2(3)4;1-2/h2*2-10H,1H3;4H,1,3H2;2H,1H2. The number of hydrogen-bond donors (Lipinski definition) is 4. The first-order valence-corrected chi connectivity index (χ1v) is 14.1. The molecule has 6 aromatic carbocycles. The molecule has 4 heteroatoms. The fraction of sp³-hybridized carbons (Fsp3) is 0.0556. The Morgan fingerprint density at radius 1 is 0.475 bits per heavy atom. The largest absolute Gasteiger partial charge is 0.394 e. The summed E-state index contributed by atoms with van der Waals surface area (Å²) in [7, 11) is 0. The number of fused-ring (bicyclic) bond motifs is 6. The molecular weight excluding hydrogens is 525 g/mol. The van der Waals surface area contributed by atoms with Gasteiger partial charge >= 0.3 is 0 Å². The number of aryl methyl sites for hydroxylation is 2.